The third-order valence-electron chi connectivity index (χ3n) is 5.68. The van der Waals surface area contributed by atoms with Gasteiger partial charge in [-0.05, 0) is 55.7 Å². The highest BCUT2D eigenvalue weighted by Crippen LogP contribution is 2.38. The Balaban J connectivity index is 1.79. The molecule has 1 N–H and O–H groups in total. The van der Waals surface area contributed by atoms with Gasteiger partial charge in [0.1, 0.15) is 22.8 Å². The second kappa shape index (κ2) is 9.79. The average Bonchev–Trinajstić information content (AvgIpc) is 2.84. The van der Waals surface area contributed by atoms with Crippen molar-refractivity contribution >= 4 is 22.6 Å². The molecular formula is C27H25NO6. The first-order valence-electron chi connectivity index (χ1n) is 11.1. The minimum Gasteiger partial charge on any atom is -0.496 e. The molecule has 1 amide bonds. The molecule has 0 unspecified atom stereocenters. The highest BCUT2D eigenvalue weighted by atomic mass is 16.5. The van der Waals surface area contributed by atoms with Crippen molar-refractivity contribution in [3.05, 3.63) is 92.1 Å². The van der Waals surface area contributed by atoms with Crippen molar-refractivity contribution in [1.29, 1.82) is 0 Å². The van der Waals surface area contributed by atoms with E-state index >= 15 is 0 Å². The molecule has 4 aromatic rings. The fourth-order valence-electron chi connectivity index (χ4n) is 3.96. The van der Waals surface area contributed by atoms with Crippen LogP contribution < -0.4 is 21.3 Å². The first-order chi connectivity index (χ1) is 16.4. The maximum atomic E-state index is 12.7. The van der Waals surface area contributed by atoms with Crippen molar-refractivity contribution in [1.82, 2.24) is 0 Å². The maximum Gasteiger partial charge on any atom is 0.360 e. The molecule has 0 atom stereocenters. The van der Waals surface area contributed by atoms with Gasteiger partial charge in [0.2, 0.25) is 0 Å². The van der Waals surface area contributed by atoms with Gasteiger partial charge in [0.05, 0.1) is 12.7 Å². The van der Waals surface area contributed by atoms with Gasteiger partial charge in [-0.3, -0.25) is 4.79 Å². The first kappa shape index (κ1) is 23.0. The van der Waals surface area contributed by atoms with Crippen LogP contribution in [0.1, 0.15) is 41.3 Å². The number of rotatable bonds is 7. The number of hydrogen-bond donors (Lipinski definition) is 1. The summed E-state index contributed by atoms with van der Waals surface area (Å²) in [6, 6.07) is 15.0. The number of carbonyl (C=O) groups excluding carboxylic acids is 1. The Morgan fingerprint density at radius 3 is 2.47 bits per heavy atom. The molecule has 0 saturated carbocycles. The number of aryl methyl sites for hydroxylation is 2. The Labute approximate surface area is 196 Å². The normalized spacial score (nSPS) is 10.9. The Kier molecular flexibility index (Phi) is 6.63. The van der Waals surface area contributed by atoms with Gasteiger partial charge in [-0.15, -0.1) is 0 Å². The molecule has 0 bridgehead atoms. The number of hydrogen-bond acceptors (Lipinski definition) is 6. The molecule has 7 heteroatoms. The number of carbonyl (C=O) groups is 1. The molecule has 0 aliphatic rings. The lowest BCUT2D eigenvalue weighted by Gasteiger charge is -2.15. The van der Waals surface area contributed by atoms with Crippen molar-refractivity contribution in [3.63, 3.8) is 0 Å². The lowest BCUT2D eigenvalue weighted by Crippen LogP contribution is -2.17. The Morgan fingerprint density at radius 2 is 1.79 bits per heavy atom. The monoisotopic (exact) mass is 459 g/mol. The third kappa shape index (κ3) is 4.50. The molecule has 2 heterocycles. The van der Waals surface area contributed by atoms with Crippen LogP contribution in [0.25, 0.3) is 22.3 Å². The van der Waals surface area contributed by atoms with Crippen molar-refractivity contribution in [2.75, 3.05) is 12.4 Å². The number of amides is 1. The molecule has 0 aliphatic carbocycles. The number of unbranched alkanes of at least 4 members (excludes halogenated alkanes) is 1. The van der Waals surface area contributed by atoms with Crippen molar-refractivity contribution in [2.24, 2.45) is 0 Å². The van der Waals surface area contributed by atoms with Crippen LogP contribution in [0.4, 0.5) is 5.69 Å². The molecule has 0 fully saturated rings. The van der Waals surface area contributed by atoms with Gasteiger partial charge >= 0.3 is 11.3 Å². The minimum absolute atomic E-state index is 0.0312. The van der Waals surface area contributed by atoms with E-state index in [1.165, 1.54) is 19.2 Å². The highest BCUT2D eigenvalue weighted by Gasteiger charge is 2.20. The SMILES string of the molecule is CCCCc1cc(=O)oc2c(C)c(OC)c(-c3ccc(NC(=O)c4ccccc4)c(=O)o3)cc12. The summed E-state index contributed by atoms with van der Waals surface area (Å²) in [5.41, 5.74) is 1.87. The predicted molar refractivity (Wildman–Crippen MR) is 131 cm³/mol. The van der Waals surface area contributed by atoms with Crippen LogP contribution in [0.5, 0.6) is 5.75 Å². The molecular weight excluding hydrogens is 434 g/mol. The molecule has 0 spiro atoms. The summed E-state index contributed by atoms with van der Waals surface area (Å²) in [6.07, 6.45) is 2.62. The molecule has 0 saturated heterocycles. The molecule has 2 aromatic heterocycles. The van der Waals surface area contributed by atoms with Crippen molar-refractivity contribution in [3.8, 4) is 17.1 Å². The zero-order chi connectivity index (χ0) is 24.2. The van der Waals surface area contributed by atoms with E-state index < -0.39 is 17.2 Å². The second-order valence-corrected chi connectivity index (χ2v) is 7.97. The molecule has 2 aromatic carbocycles. The van der Waals surface area contributed by atoms with E-state index in [9.17, 15) is 14.4 Å². The number of methoxy groups -OCH3 is 1. The maximum absolute atomic E-state index is 12.7. The van der Waals surface area contributed by atoms with E-state index in [1.54, 1.807) is 43.3 Å². The summed E-state index contributed by atoms with van der Waals surface area (Å²) in [6.45, 7) is 3.88. The number of nitrogens with one attached hydrogen (secondary N) is 1. The van der Waals surface area contributed by atoms with Crippen LogP contribution in [-0.2, 0) is 6.42 Å². The van der Waals surface area contributed by atoms with E-state index in [1.807, 2.05) is 6.07 Å². The van der Waals surface area contributed by atoms with Gasteiger partial charge in [-0.1, -0.05) is 31.5 Å². The minimum atomic E-state index is -0.688. The summed E-state index contributed by atoms with van der Waals surface area (Å²) < 4.78 is 16.7. The standard InChI is InChI=1S/C27H25NO6/c1-4-5-9-18-14-23(29)34-25-16(2)24(32-3)20(15-19(18)25)22-13-12-21(27(31)33-22)28-26(30)17-10-7-6-8-11-17/h6-8,10-15H,4-5,9H2,1-3H3,(H,28,30). The van der Waals surface area contributed by atoms with E-state index in [0.29, 0.717) is 28.0 Å². The number of ether oxygens (including phenoxy) is 1. The lowest BCUT2D eigenvalue weighted by molar-refractivity contribution is 0.102. The number of anilines is 1. The summed E-state index contributed by atoms with van der Waals surface area (Å²) in [4.78, 5) is 37.3. The van der Waals surface area contributed by atoms with Crippen LogP contribution in [0, 0.1) is 6.92 Å². The largest absolute Gasteiger partial charge is 0.496 e. The van der Waals surface area contributed by atoms with Crippen LogP contribution in [0.3, 0.4) is 0 Å². The zero-order valence-corrected chi connectivity index (χ0v) is 19.3. The van der Waals surface area contributed by atoms with Gasteiger partial charge in [0, 0.05) is 22.6 Å². The Morgan fingerprint density at radius 1 is 1.03 bits per heavy atom. The van der Waals surface area contributed by atoms with Gasteiger partial charge in [-0.2, -0.15) is 0 Å². The number of benzene rings is 2. The molecule has 4 rings (SSSR count). The molecule has 7 nitrogen and oxygen atoms in total. The molecule has 0 radical (unpaired) electrons. The van der Waals surface area contributed by atoms with E-state index in [4.69, 9.17) is 13.6 Å². The Hall–Kier alpha value is -4.13. The third-order valence-corrected chi connectivity index (χ3v) is 5.68. The van der Waals surface area contributed by atoms with Crippen LogP contribution in [-0.4, -0.2) is 13.0 Å². The van der Waals surface area contributed by atoms with Gasteiger partial charge in [0.25, 0.3) is 5.91 Å². The number of fused-ring (bicyclic) bond motifs is 1. The summed E-state index contributed by atoms with van der Waals surface area (Å²) in [5, 5.41) is 3.36. The van der Waals surface area contributed by atoms with E-state index in [2.05, 4.69) is 12.2 Å². The van der Waals surface area contributed by atoms with Crippen LogP contribution in [0.15, 0.2) is 73.0 Å². The highest BCUT2D eigenvalue weighted by molar-refractivity contribution is 6.04. The van der Waals surface area contributed by atoms with Crippen LogP contribution >= 0.6 is 0 Å². The second-order valence-electron chi connectivity index (χ2n) is 7.97. The fourth-order valence-corrected chi connectivity index (χ4v) is 3.96. The summed E-state index contributed by atoms with van der Waals surface area (Å²) in [7, 11) is 1.50. The quantitative estimate of drug-likeness (QED) is 0.375. The van der Waals surface area contributed by atoms with E-state index in [-0.39, 0.29) is 11.4 Å². The molecule has 0 aliphatic heterocycles. The van der Waals surface area contributed by atoms with Gasteiger partial charge in [0.15, 0.2) is 0 Å². The fraction of sp³-hybridized carbons (Fsp3) is 0.222. The summed E-state index contributed by atoms with van der Waals surface area (Å²) in [5.74, 6) is 0.306. The van der Waals surface area contributed by atoms with Gasteiger partial charge < -0.3 is 18.9 Å². The predicted octanol–water partition coefficient (Wildman–Crippen LogP) is 5.33. The van der Waals surface area contributed by atoms with Crippen molar-refractivity contribution in [2.45, 2.75) is 33.1 Å². The Bertz CT molecular complexity index is 1470. The first-order valence-corrected chi connectivity index (χ1v) is 11.1. The van der Waals surface area contributed by atoms with E-state index in [0.717, 1.165) is 30.2 Å². The van der Waals surface area contributed by atoms with Crippen LogP contribution in [0.2, 0.25) is 0 Å². The average molecular weight is 459 g/mol. The molecule has 174 valence electrons. The molecule has 34 heavy (non-hydrogen) atoms. The zero-order valence-electron chi connectivity index (χ0n) is 19.3. The topological polar surface area (TPSA) is 98.7 Å². The van der Waals surface area contributed by atoms with Gasteiger partial charge in [-0.25, -0.2) is 9.59 Å². The summed E-state index contributed by atoms with van der Waals surface area (Å²) >= 11 is 0. The lowest BCUT2D eigenvalue weighted by atomic mass is 9.97. The van der Waals surface area contributed by atoms with Crippen molar-refractivity contribution < 1.29 is 18.4 Å². The smallest absolute Gasteiger partial charge is 0.360 e.